The zero-order chi connectivity index (χ0) is 13.0. The zero-order valence-electron chi connectivity index (χ0n) is 10.7. The third-order valence-electron chi connectivity index (χ3n) is 2.92. The molecule has 0 bridgehead atoms. The van der Waals surface area contributed by atoms with Crippen molar-refractivity contribution in [1.29, 1.82) is 0 Å². The molecular weight excluding hydrogens is 244 g/mol. The number of nitrogens with zero attached hydrogens (tertiary/aromatic N) is 1. The van der Waals surface area contributed by atoms with Crippen LogP contribution in [0.5, 0.6) is 5.75 Å². The molecule has 1 aromatic heterocycles. The van der Waals surface area contributed by atoms with Crippen LogP contribution in [0, 0.1) is 6.92 Å². The number of hydrogen-bond donors (Lipinski definition) is 2. The topological polar surface area (TPSA) is 45.1 Å². The van der Waals surface area contributed by atoms with Crippen LogP contribution in [0.3, 0.4) is 0 Å². The third-order valence-corrected chi connectivity index (χ3v) is 3.76. The Bertz CT molecular complexity index is 497. The van der Waals surface area contributed by atoms with Crippen molar-refractivity contribution >= 4 is 11.3 Å². The van der Waals surface area contributed by atoms with Gasteiger partial charge in [0, 0.05) is 36.1 Å². The van der Waals surface area contributed by atoms with E-state index in [0.717, 1.165) is 29.1 Å². The third kappa shape index (κ3) is 3.31. The summed E-state index contributed by atoms with van der Waals surface area (Å²) in [6.45, 7) is 4.96. The normalized spacial score (nSPS) is 12.6. The van der Waals surface area contributed by atoms with Crippen molar-refractivity contribution in [3.05, 3.63) is 45.9 Å². The van der Waals surface area contributed by atoms with Gasteiger partial charge < -0.3 is 10.4 Å². The summed E-state index contributed by atoms with van der Waals surface area (Å²) in [5, 5.41) is 16.4. The predicted octanol–water partition coefficient (Wildman–Crippen LogP) is 3.05. The summed E-state index contributed by atoms with van der Waals surface area (Å²) in [5.74, 6) is 0.356. The summed E-state index contributed by atoms with van der Waals surface area (Å²) in [4.78, 5) is 4.25. The summed E-state index contributed by atoms with van der Waals surface area (Å²) >= 11 is 1.68. The molecule has 0 aliphatic rings. The van der Waals surface area contributed by atoms with Crippen LogP contribution in [0.2, 0.25) is 0 Å². The van der Waals surface area contributed by atoms with Gasteiger partial charge in [0.2, 0.25) is 0 Å². The lowest BCUT2D eigenvalue weighted by atomic mass is 10.0. The largest absolute Gasteiger partial charge is 0.508 e. The zero-order valence-corrected chi connectivity index (χ0v) is 11.5. The van der Waals surface area contributed by atoms with E-state index in [9.17, 15) is 5.11 Å². The molecule has 0 amide bonds. The summed E-state index contributed by atoms with van der Waals surface area (Å²) in [6, 6.07) is 5.84. The Balaban J connectivity index is 1.91. The number of thiazole rings is 1. The first-order valence-corrected chi connectivity index (χ1v) is 6.96. The van der Waals surface area contributed by atoms with Crippen molar-refractivity contribution in [2.45, 2.75) is 26.3 Å². The van der Waals surface area contributed by atoms with E-state index in [1.54, 1.807) is 17.4 Å². The van der Waals surface area contributed by atoms with Crippen LogP contribution in [0.4, 0.5) is 0 Å². The summed E-state index contributed by atoms with van der Waals surface area (Å²) in [5.41, 5.74) is 2.12. The first-order chi connectivity index (χ1) is 8.66. The number of aryl methyl sites for hydroxylation is 1. The fourth-order valence-electron chi connectivity index (χ4n) is 1.90. The SMILES string of the molecule is Cc1ccc(O)c(C(C)NCCc2nccs2)c1. The number of nitrogens with one attached hydrogen (secondary N) is 1. The van der Waals surface area contributed by atoms with Gasteiger partial charge in [0.1, 0.15) is 5.75 Å². The van der Waals surface area contributed by atoms with E-state index in [1.807, 2.05) is 30.6 Å². The fourth-order valence-corrected chi connectivity index (χ4v) is 2.52. The Morgan fingerprint density at radius 2 is 2.28 bits per heavy atom. The van der Waals surface area contributed by atoms with Crippen LogP contribution < -0.4 is 5.32 Å². The van der Waals surface area contributed by atoms with Gasteiger partial charge in [-0.25, -0.2) is 4.98 Å². The molecule has 1 unspecified atom stereocenters. The molecule has 0 aliphatic carbocycles. The number of benzene rings is 1. The highest BCUT2D eigenvalue weighted by molar-refractivity contribution is 7.09. The van der Waals surface area contributed by atoms with Crippen LogP contribution >= 0.6 is 11.3 Å². The first-order valence-electron chi connectivity index (χ1n) is 6.08. The van der Waals surface area contributed by atoms with E-state index < -0.39 is 0 Å². The molecule has 0 aliphatic heterocycles. The molecule has 0 radical (unpaired) electrons. The van der Waals surface area contributed by atoms with Crippen molar-refractivity contribution < 1.29 is 5.11 Å². The summed E-state index contributed by atoms with van der Waals surface area (Å²) < 4.78 is 0. The Morgan fingerprint density at radius 1 is 1.44 bits per heavy atom. The Kier molecular flexibility index (Phi) is 4.33. The number of phenolic OH excluding ortho intramolecular Hbond substituents is 1. The number of aromatic hydroxyl groups is 1. The molecule has 1 atom stereocenters. The van der Waals surface area contributed by atoms with E-state index in [-0.39, 0.29) is 6.04 Å². The highest BCUT2D eigenvalue weighted by Gasteiger charge is 2.09. The number of hydrogen-bond acceptors (Lipinski definition) is 4. The molecule has 0 spiro atoms. The van der Waals surface area contributed by atoms with Gasteiger partial charge in [0.15, 0.2) is 0 Å². The second-order valence-electron chi connectivity index (χ2n) is 4.41. The molecule has 3 nitrogen and oxygen atoms in total. The Hall–Kier alpha value is -1.39. The highest BCUT2D eigenvalue weighted by Crippen LogP contribution is 2.24. The van der Waals surface area contributed by atoms with E-state index >= 15 is 0 Å². The smallest absolute Gasteiger partial charge is 0.120 e. The minimum absolute atomic E-state index is 0.143. The molecule has 1 heterocycles. The van der Waals surface area contributed by atoms with E-state index in [2.05, 4.69) is 17.2 Å². The van der Waals surface area contributed by atoms with Gasteiger partial charge in [-0.05, 0) is 19.9 Å². The van der Waals surface area contributed by atoms with Gasteiger partial charge in [-0.1, -0.05) is 17.7 Å². The molecule has 1 aromatic carbocycles. The van der Waals surface area contributed by atoms with E-state index in [0.29, 0.717) is 5.75 Å². The van der Waals surface area contributed by atoms with Gasteiger partial charge in [-0.2, -0.15) is 0 Å². The predicted molar refractivity (Wildman–Crippen MR) is 75.1 cm³/mol. The maximum absolute atomic E-state index is 9.84. The number of phenols is 1. The molecular formula is C14H18N2OS. The molecule has 2 rings (SSSR count). The van der Waals surface area contributed by atoms with Crippen LogP contribution in [0.1, 0.15) is 29.1 Å². The molecule has 2 N–H and O–H groups in total. The molecule has 4 heteroatoms. The van der Waals surface area contributed by atoms with Crippen molar-refractivity contribution in [2.24, 2.45) is 0 Å². The van der Waals surface area contributed by atoms with Gasteiger partial charge in [0.25, 0.3) is 0 Å². The molecule has 18 heavy (non-hydrogen) atoms. The van der Waals surface area contributed by atoms with E-state index in [4.69, 9.17) is 0 Å². The van der Waals surface area contributed by atoms with Crippen LogP contribution in [-0.4, -0.2) is 16.6 Å². The van der Waals surface area contributed by atoms with E-state index in [1.165, 1.54) is 0 Å². The molecule has 0 fully saturated rings. The highest BCUT2D eigenvalue weighted by atomic mass is 32.1. The minimum Gasteiger partial charge on any atom is -0.508 e. The van der Waals surface area contributed by atoms with Crippen molar-refractivity contribution in [1.82, 2.24) is 10.3 Å². The first kappa shape index (κ1) is 13.1. The molecule has 0 saturated heterocycles. The average molecular weight is 262 g/mol. The minimum atomic E-state index is 0.143. The molecule has 96 valence electrons. The summed E-state index contributed by atoms with van der Waals surface area (Å²) in [6.07, 6.45) is 2.75. The van der Waals surface area contributed by atoms with Crippen molar-refractivity contribution in [2.75, 3.05) is 6.54 Å². The second-order valence-corrected chi connectivity index (χ2v) is 5.39. The maximum atomic E-state index is 9.84. The standard InChI is InChI=1S/C14H18N2OS/c1-10-3-4-13(17)12(9-10)11(2)15-6-5-14-16-7-8-18-14/h3-4,7-9,11,15,17H,5-6H2,1-2H3. The quantitative estimate of drug-likeness (QED) is 0.870. The van der Waals surface area contributed by atoms with Crippen molar-refractivity contribution in [3.8, 4) is 5.75 Å². The second kappa shape index (κ2) is 5.98. The van der Waals surface area contributed by atoms with Crippen LogP contribution in [0.15, 0.2) is 29.8 Å². The van der Waals surface area contributed by atoms with Crippen molar-refractivity contribution in [3.63, 3.8) is 0 Å². The van der Waals surface area contributed by atoms with Crippen LogP contribution in [0.25, 0.3) is 0 Å². The maximum Gasteiger partial charge on any atom is 0.120 e. The van der Waals surface area contributed by atoms with Gasteiger partial charge in [-0.15, -0.1) is 11.3 Å². The lowest BCUT2D eigenvalue weighted by Crippen LogP contribution is -2.21. The number of aromatic nitrogens is 1. The fraction of sp³-hybridized carbons (Fsp3) is 0.357. The Morgan fingerprint density at radius 3 is 3.00 bits per heavy atom. The lowest BCUT2D eigenvalue weighted by molar-refractivity contribution is 0.453. The average Bonchev–Trinajstić information content (AvgIpc) is 2.85. The Labute approximate surface area is 112 Å². The van der Waals surface area contributed by atoms with Gasteiger partial charge in [0.05, 0.1) is 5.01 Å². The lowest BCUT2D eigenvalue weighted by Gasteiger charge is -2.15. The summed E-state index contributed by atoms with van der Waals surface area (Å²) in [7, 11) is 0. The monoisotopic (exact) mass is 262 g/mol. The van der Waals surface area contributed by atoms with Gasteiger partial charge in [-0.3, -0.25) is 0 Å². The molecule has 0 saturated carbocycles. The van der Waals surface area contributed by atoms with Crippen LogP contribution in [-0.2, 0) is 6.42 Å². The van der Waals surface area contributed by atoms with Gasteiger partial charge >= 0.3 is 0 Å². The number of rotatable bonds is 5. The molecule has 2 aromatic rings.